The summed E-state index contributed by atoms with van der Waals surface area (Å²) in [6, 6.07) is 0. The van der Waals surface area contributed by atoms with Crippen molar-refractivity contribution >= 4 is 11.9 Å². The Kier molecular flexibility index (Phi) is 4.26. The molecule has 0 saturated carbocycles. The van der Waals surface area contributed by atoms with E-state index < -0.39 is 18.2 Å². The SMILES string of the molecule is COC(C)C(=O)N1CC(C(=O)O)O[C@H](C)C1. The number of carbonyl (C=O) groups is 2. The topological polar surface area (TPSA) is 76.1 Å². The Morgan fingerprint density at radius 1 is 1.50 bits per heavy atom. The number of nitrogens with zero attached hydrogens (tertiary/aromatic N) is 1. The predicted molar refractivity (Wildman–Crippen MR) is 55.0 cm³/mol. The van der Waals surface area contributed by atoms with Crippen molar-refractivity contribution in [3.8, 4) is 0 Å². The highest BCUT2D eigenvalue weighted by molar-refractivity contribution is 5.82. The number of hydrogen-bond donors (Lipinski definition) is 1. The van der Waals surface area contributed by atoms with E-state index in [2.05, 4.69) is 0 Å². The van der Waals surface area contributed by atoms with Crippen molar-refractivity contribution in [1.82, 2.24) is 4.90 Å². The Bertz CT molecular complexity index is 280. The number of ether oxygens (including phenoxy) is 2. The summed E-state index contributed by atoms with van der Waals surface area (Å²) in [5.41, 5.74) is 0. The molecule has 0 spiro atoms. The van der Waals surface area contributed by atoms with Gasteiger partial charge in [-0.05, 0) is 13.8 Å². The van der Waals surface area contributed by atoms with Gasteiger partial charge >= 0.3 is 5.97 Å². The maximum absolute atomic E-state index is 11.8. The van der Waals surface area contributed by atoms with Gasteiger partial charge in [-0.3, -0.25) is 4.79 Å². The van der Waals surface area contributed by atoms with E-state index in [1.165, 1.54) is 12.0 Å². The standard InChI is InChI=1S/C10H17NO5/c1-6-4-11(9(12)7(2)15-3)5-8(16-6)10(13)14/h6-8H,4-5H2,1-3H3,(H,13,14)/t6-,7?,8?/m1/s1. The minimum atomic E-state index is -1.05. The first-order valence-electron chi connectivity index (χ1n) is 5.15. The monoisotopic (exact) mass is 231 g/mol. The minimum Gasteiger partial charge on any atom is -0.479 e. The van der Waals surface area contributed by atoms with Gasteiger partial charge < -0.3 is 19.5 Å². The van der Waals surface area contributed by atoms with Crippen LogP contribution in [0, 0.1) is 0 Å². The molecule has 1 N–H and O–H groups in total. The highest BCUT2D eigenvalue weighted by atomic mass is 16.5. The van der Waals surface area contributed by atoms with E-state index in [0.717, 1.165) is 0 Å². The lowest BCUT2D eigenvalue weighted by Crippen LogP contribution is -2.54. The Morgan fingerprint density at radius 3 is 2.62 bits per heavy atom. The maximum atomic E-state index is 11.8. The molecule has 1 saturated heterocycles. The average molecular weight is 231 g/mol. The second-order valence-electron chi connectivity index (χ2n) is 3.89. The van der Waals surface area contributed by atoms with Gasteiger partial charge in [0.2, 0.25) is 0 Å². The quantitative estimate of drug-likeness (QED) is 0.723. The van der Waals surface area contributed by atoms with Gasteiger partial charge in [0, 0.05) is 13.7 Å². The van der Waals surface area contributed by atoms with Crippen molar-refractivity contribution in [1.29, 1.82) is 0 Å². The van der Waals surface area contributed by atoms with Crippen LogP contribution in [0.2, 0.25) is 0 Å². The Hall–Kier alpha value is -1.14. The molecular formula is C10H17NO5. The van der Waals surface area contributed by atoms with Gasteiger partial charge in [0.25, 0.3) is 5.91 Å². The summed E-state index contributed by atoms with van der Waals surface area (Å²) in [6.45, 7) is 3.85. The lowest BCUT2D eigenvalue weighted by atomic mass is 10.2. The number of rotatable bonds is 3. The molecule has 1 heterocycles. The molecule has 2 unspecified atom stereocenters. The second-order valence-corrected chi connectivity index (χ2v) is 3.89. The van der Waals surface area contributed by atoms with E-state index in [9.17, 15) is 9.59 Å². The molecule has 92 valence electrons. The van der Waals surface area contributed by atoms with Crippen LogP contribution >= 0.6 is 0 Å². The highest BCUT2D eigenvalue weighted by Gasteiger charge is 2.34. The van der Waals surface area contributed by atoms with E-state index in [1.54, 1.807) is 13.8 Å². The summed E-state index contributed by atoms with van der Waals surface area (Å²) in [5, 5.41) is 8.86. The number of morpholine rings is 1. The van der Waals surface area contributed by atoms with Crippen molar-refractivity contribution in [2.45, 2.75) is 32.2 Å². The van der Waals surface area contributed by atoms with Crippen LogP contribution in [-0.4, -0.2) is 60.4 Å². The van der Waals surface area contributed by atoms with E-state index >= 15 is 0 Å². The summed E-state index contributed by atoms with van der Waals surface area (Å²) in [7, 11) is 1.45. The van der Waals surface area contributed by atoms with E-state index in [4.69, 9.17) is 14.6 Å². The molecule has 0 aliphatic carbocycles. The van der Waals surface area contributed by atoms with Gasteiger partial charge in [0.05, 0.1) is 12.6 Å². The first kappa shape index (κ1) is 12.9. The molecule has 1 aliphatic heterocycles. The van der Waals surface area contributed by atoms with Crippen molar-refractivity contribution in [3.63, 3.8) is 0 Å². The first-order chi connectivity index (χ1) is 7.45. The van der Waals surface area contributed by atoms with Crippen molar-refractivity contribution in [2.24, 2.45) is 0 Å². The van der Waals surface area contributed by atoms with Crippen LogP contribution in [0.4, 0.5) is 0 Å². The predicted octanol–water partition coefficient (Wildman–Crippen LogP) is -0.278. The van der Waals surface area contributed by atoms with Gasteiger partial charge in [0.15, 0.2) is 6.10 Å². The fraction of sp³-hybridized carbons (Fsp3) is 0.800. The van der Waals surface area contributed by atoms with E-state index in [-0.39, 0.29) is 18.6 Å². The highest BCUT2D eigenvalue weighted by Crippen LogP contribution is 2.13. The third-order valence-electron chi connectivity index (χ3n) is 2.55. The summed E-state index contributed by atoms with van der Waals surface area (Å²) >= 11 is 0. The lowest BCUT2D eigenvalue weighted by molar-refractivity contribution is -0.169. The molecule has 1 amide bonds. The zero-order valence-corrected chi connectivity index (χ0v) is 9.67. The normalized spacial score (nSPS) is 27.6. The van der Waals surface area contributed by atoms with Crippen LogP contribution in [0.25, 0.3) is 0 Å². The molecule has 0 aromatic rings. The van der Waals surface area contributed by atoms with Crippen LogP contribution < -0.4 is 0 Å². The number of carbonyl (C=O) groups excluding carboxylic acids is 1. The molecule has 1 fully saturated rings. The molecule has 0 radical (unpaired) electrons. The van der Waals surface area contributed by atoms with E-state index in [0.29, 0.717) is 6.54 Å². The molecule has 16 heavy (non-hydrogen) atoms. The van der Waals surface area contributed by atoms with Gasteiger partial charge in [-0.2, -0.15) is 0 Å². The van der Waals surface area contributed by atoms with Crippen molar-refractivity contribution in [2.75, 3.05) is 20.2 Å². The molecule has 1 rings (SSSR count). The zero-order chi connectivity index (χ0) is 12.3. The van der Waals surface area contributed by atoms with Crippen LogP contribution in [0.1, 0.15) is 13.8 Å². The first-order valence-corrected chi connectivity index (χ1v) is 5.15. The fourth-order valence-electron chi connectivity index (χ4n) is 1.63. The van der Waals surface area contributed by atoms with Gasteiger partial charge in [0.1, 0.15) is 6.10 Å². The van der Waals surface area contributed by atoms with Crippen molar-refractivity contribution in [3.05, 3.63) is 0 Å². The Balaban J connectivity index is 2.67. The second kappa shape index (κ2) is 5.27. The number of methoxy groups -OCH3 is 1. The van der Waals surface area contributed by atoms with Crippen LogP contribution in [0.15, 0.2) is 0 Å². The Morgan fingerprint density at radius 2 is 2.12 bits per heavy atom. The third-order valence-corrected chi connectivity index (χ3v) is 2.55. The van der Waals surface area contributed by atoms with Crippen molar-refractivity contribution < 1.29 is 24.2 Å². The summed E-state index contributed by atoms with van der Waals surface area (Å²) in [4.78, 5) is 24.1. The molecule has 0 bridgehead atoms. The van der Waals surface area contributed by atoms with Crippen LogP contribution in [0.3, 0.4) is 0 Å². The minimum absolute atomic E-state index is 0.0756. The van der Waals surface area contributed by atoms with Gasteiger partial charge in [-0.25, -0.2) is 4.79 Å². The number of amides is 1. The van der Waals surface area contributed by atoms with Crippen LogP contribution in [-0.2, 0) is 19.1 Å². The molecule has 0 aromatic carbocycles. The molecule has 3 atom stereocenters. The smallest absolute Gasteiger partial charge is 0.334 e. The van der Waals surface area contributed by atoms with Gasteiger partial charge in [-0.15, -0.1) is 0 Å². The fourth-order valence-corrected chi connectivity index (χ4v) is 1.63. The summed E-state index contributed by atoms with van der Waals surface area (Å²) in [5.74, 6) is -1.25. The largest absolute Gasteiger partial charge is 0.479 e. The maximum Gasteiger partial charge on any atom is 0.334 e. The zero-order valence-electron chi connectivity index (χ0n) is 9.67. The third kappa shape index (κ3) is 2.93. The molecule has 1 aliphatic rings. The molecule has 6 nitrogen and oxygen atoms in total. The number of carboxylic acid groups (broad SMARTS) is 1. The number of hydrogen-bond acceptors (Lipinski definition) is 4. The summed E-state index contributed by atoms with van der Waals surface area (Å²) < 4.78 is 10.1. The molecule has 6 heteroatoms. The molecular weight excluding hydrogens is 214 g/mol. The Labute approximate surface area is 94.1 Å². The lowest BCUT2D eigenvalue weighted by Gasteiger charge is -2.35. The summed E-state index contributed by atoms with van der Waals surface area (Å²) in [6.07, 6.45) is -1.78. The van der Waals surface area contributed by atoms with E-state index in [1.807, 2.05) is 0 Å². The number of carboxylic acids is 1. The van der Waals surface area contributed by atoms with Crippen LogP contribution in [0.5, 0.6) is 0 Å². The average Bonchev–Trinajstić information content (AvgIpc) is 2.26. The number of aliphatic carboxylic acids is 1. The molecule has 0 aromatic heterocycles. The van der Waals surface area contributed by atoms with Gasteiger partial charge in [-0.1, -0.05) is 0 Å².